The second kappa shape index (κ2) is 5.90. The molecule has 82 valence electrons. The number of aromatic amines is 1. The molecule has 1 N–H and O–H groups in total. The smallest absolute Gasteiger partial charge is 0.177 e. The summed E-state index contributed by atoms with van der Waals surface area (Å²) >= 11 is 0. The van der Waals surface area contributed by atoms with Gasteiger partial charge < -0.3 is 0 Å². The highest BCUT2D eigenvalue weighted by atomic mass is 15.5. The molecular weight excluding hydrogens is 188 g/mol. The van der Waals surface area contributed by atoms with Crippen molar-refractivity contribution in [2.75, 3.05) is 0 Å². The zero-order valence-electron chi connectivity index (χ0n) is 9.36. The highest BCUT2D eigenvalue weighted by Gasteiger charge is 2.00. The van der Waals surface area contributed by atoms with E-state index in [1.807, 2.05) is 26.0 Å². The molecule has 0 atom stereocenters. The Kier molecular flexibility index (Phi) is 4.47. The van der Waals surface area contributed by atoms with E-state index in [-0.39, 0.29) is 1.43 Å². The van der Waals surface area contributed by atoms with Gasteiger partial charge in [0, 0.05) is 6.99 Å². The van der Waals surface area contributed by atoms with Crippen LogP contribution in [0.2, 0.25) is 0 Å². The van der Waals surface area contributed by atoms with Crippen LogP contribution in [0.15, 0.2) is 24.3 Å². The molecule has 0 aliphatic carbocycles. The number of tetrazole rings is 1. The zero-order chi connectivity index (χ0) is 11.1. The third-order valence-corrected chi connectivity index (χ3v) is 1.97. The first-order valence-electron chi connectivity index (χ1n) is 5.23. The number of aromatic nitrogens is 4. The summed E-state index contributed by atoms with van der Waals surface area (Å²) in [5.41, 5.74) is 2.30. The molecule has 0 aliphatic heterocycles. The molecule has 4 nitrogen and oxygen atoms in total. The minimum atomic E-state index is 0. The van der Waals surface area contributed by atoms with E-state index in [2.05, 4.69) is 39.7 Å². The van der Waals surface area contributed by atoms with Crippen LogP contribution < -0.4 is 0 Å². The highest BCUT2D eigenvalue weighted by Crippen LogP contribution is 2.13. The van der Waals surface area contributed by atoms with Crippen LogP contribution in [0.3, 0.4) is 0 Å². The Morgan fingerprint density at radius 2 is 1.87 bits per heavy atom. The van der Waals surface area contributed by atoms with Crippen molar-refractivity contribution in [1.82, 2.24) is 20.6 Å². The van der Waals surface area contributed by atoms with Gasteiger partial charge in [-0.3, -0.25) is 0 Å². The number of benzene rings is 1. The van der Waals surface area contributed by atoms with Crippen LogP contribution in [0.25, 0.3) is 11.4 Å². The van der Waals surface area contributed by atoms with Gasteiger partial charge in [0.05, 0.1) is 0 Å². The molecule has 1 aromatic carbocycles. The monoisotopic (exact) mass is 206 g/mol. The number of aryl methyl sites for hydroxylation is 1. The molecule has 0 unspecified atom stereocenters. The lowest BCUT2D eigenvalue weighted by molar-refractivity contribution is 0.881. The molecule has 0 bridgehead atoms. The van der Waals surface area contributed by atoms with Crippen molar-refractivity contribution in [2.24, 2.45) is 0 Å². The van der Waals surface area contributed by atoms with Gasteiger partial charge >= 0.3 is 0 Å². The number of nitrogens with one attached hydrogen (secondary N) is 1. The fourth-order valence-corrected chi connectivity index (χ4v) is 1.17. The van der Waals surface area contributed by atoms with Crippen molar-refractivity contribution in [3.8, 4) is 11.4 Å². The Labute approximate surface area is 91.2 Å². The van der Waals surface area contributed by atoms with Crippen molar-refractivity contribution >= 4 is 0 Å². The maximum Gasteiger partial charge on any atom is 0.204 e. The van der Waals surface area contributed by atoms with Crippen LogP contribution in [-0.4, -0.2) is 20.6 Å². The van der Waals surface area contributed by atoms with Gasteiger partial charge in [-0.05, 0) is 17.2 Å². The molecule has 0 saturated carbocycles. The molecule has 4 heteroatoms. The van der Waals surface area contributed by atoms with Gasteiger partial charge in [-0.1, -0.05) is 45.0 Å². The average molecular weight is 206 g/mol. The molecule has 1 heterocycles. The van der Waals surface area contributed by atoms with Gasteiger partial charge in [0.25, 0.3) is 0 Å². The van der Waals surface area contributed by atoms with E-state index in [0.29, 0.717) is 5.82 Å². The van der Waals surface area contributed by atoms with Crippen LogP contribution >= 0.6 is 0 Å². The average Bonchev–Trinajstić information content (AvgIpc) is 2.85. The first-order chi connectivity index (χ1) is 7.40. The van der Waals surface area contributed by atoms with E-state index in [0.717, 1.165) is 12.0 Å². The van der Waals surface area contributed by atoms with E-state index in [1.165, 1.54) is 5.56 Å². The first kappa shape index (κ1) is 11.4. The van der Waals surface area contributed by atoms with Gasteiger partial charge in [0.2, 0.25) is 5.82 Å². The zero-order valence-corrected chi connectivity index (χ0v) is 9.36. The molecule has 0 saturated heterocycles. The Bertz CT molecular complexity index is 369. The lowest BCUT2D eigenvalue weighted by atomic mass is 10.1. The number of hydrogen-bond acceptors (Lipinski definition) is 3. The molecule has 1 aromatic heterocycles. The van der Waals surface area contributed by atoms with E-state index in [4.69, 9.17) is 0 Å². The summed E-state index contributed by atoms with van der Waals surface area (Å²) in [5, 5.41) is 13.7. The van der Waals surface area contributed by atoms with Crippen molar-refractivity contribution in [3.63, 3.8) is 0 Å². The number of H-pyrrole nitrogens is 1. The molecule has 0 fully saturated rings. The summed E-state index contributed by atoms with van der Waals surface area (Å²) in [6.45, 7) is 6.13. The van der Waals surface area contributed by atoms with Gasteiger partial charge in [0.15, 0.2) is 0 Å². The quantitative estimate of drug-likeness (QED) is 0.822. The minimum Gasteiger partial charge on any atom is -0.177 e. The van der Waals surface area contributed by atoms with Gasteiger partial charge in [-0.2, -0.15) is 5.21 Å². The molecule has 2 aromatic rings. The van der Waals surface area contributed by atoms with E-state index < -0.39 is 0 Å². The standard InChI is InChI=1S/C9H10N4.C2H6.H2/c1-2-7-3-5-8(6-4-7)9-10-12-13-11-9;1-2;/h3-6H,2H2,1H3,(H,10,11,12,13);1-2H3;1H. The first-order valence-corrected chi connectivity index (χ1v) is 5.23. The third kappa shape index (κ3) is 2.87. The van der Waals surface area contributed by atoms with Crippen LogP contribution in [0, 0.1) is 0 Å². The summed E-state index contributed by atoms with van der Waals surface area (Å²) < 4.78 is 0. The number of hydrogen-bond donors (Lipinski definition) is 1. The Morgan fingerprint density at radius 3 is 2.33 bits per heavy atom. The second-order valence-electron chi connectivity index (χ2n) is 2.79. The summed E-state index contributed by atoms with van der Waals surface area (Å²) in [6, 6.07) is 8.16. The van der Waals surface area contributed by atoms with Crippen molar-refractivity contribution < 1.29 is 1.43 Å². The van der Waals surface area contributed by atoms with Crippen molar-refractivity contribution in [3.05, 3.63) is 29.8 Å². The predicted octanol–water partition coefficient (Wildman–Crippen LogP) is 2.70. The Hall–Kier alpha value is -1.71. The fraction of sp³-hybridized carbons (Fsp3) is 0.364. The Balaban J connectivity index is 0.000000711. The summed E-state index contributed by atoms with van der Waals surface area (Å²) in [7, 11) is 0. The maximum atomic E-state index is 3.89. The van der Waals surface area contributed by atoms with Crippen molar-refractivity contribution in [2.45, 2.75) is 27.2 Å². The van der Waals surface area contributed by atoms with Gasteiger partial charge in [0.1, 0.15) is 0 Å². The topological polar surface area (TPSA) is 54.5 Å². The summed E-state index contributed by atoms with van der Waals surface area (Å²) in [6.07, 6.45) is 1.05. The normalized spacial score (nSPS) is 9.27. The molecule has 0 spiro atoms. The SMILES string of the molecule is CC.CCc1ccc(-c2nn[nH]n2)cc1.[HH]. The molecule has 15 heavy (non-hydrogen) atoms. The molecule has 0 amide bonds. The minimum absolute atomic E-state index is 0. The third-order valence-electron chi connectivity index (χ3n) is 1.97. The van der Waals surface area contributed by atoms with E-state index in [9.17, 15) is 0 Å². The van der Waals surface area contributed by atoms with Crippen LogP contribution in [0.1, 0.15) is 27.8 Å². The molecule has 0 aliphatic rings. The maximum absolute atomic E-state index is 3.89. The summed E-state index contributed by atoms with van der Waals surface area (Å²) in [4.78, 5) is 0. The van der Waals surface area contributed by atoms with Crippen molar-refractivity contribution in [1.29, 1.82) is 0 Å². The second-order valence-corrected chi connectivity index (χ2v) is 2.79. The fourth-order valence-electron chi connectivity index (χ4n) is 1.17. The molecule has 2 rings (SSSR count). The van der Waals surface area contributed by atoms with E-state index >= 15 is 0 Å². The predicted molar refractivity (Wildman–Crippen MR) is 62.5 cm³/mol. The lowest BCUT2D eigenvalue weighted by Gasteiger charge is -1.96. The van der Waals surface area contributed by atoms with Crippen LogP contribution in [0.4, 0.5) is 0 Å². The largest absolute Gasteiger partial charge is 0.204 e. The lowest BCUT2D eigenvalue weighted by Crippen LogP contribution is -1.83. The van der Waals surface area contributed by atoms with Gasteiger partial charge in [-0.25, -0.2) is 0 Å². The molecule has 0 radical (unpaired) electrons. The Morgan fingerprint density at radius 1 is 1.20 bits per heavy atom. The van der Waals surface area contributed by atoms with E-state index in [1.54, 1.807) is 0 Å². The highest BCUT2D eigenvalue weighted by molar-refractivity contribution is 5.53. The van der Waals surface area contributed by atoms with Gasteiger partial charge in [-0.15, -0.1) is 10.2 Å². The summed E-state index contributed by atoms with van der Waals surface area (Å²) in [5.74, 6) is 0.641. The number of nitrogens with zero attached hydrogens (tertiary/aromatic N) is 3. The molecular formula is C11H18N4. The van der Waals surface area contributed by atoms with Crippen LogP contribution in [-0.2, 0) is 6.42 Å². The van der Waals surface area contributed by atoms with Crippen LogP contribution in [0.5, 0.6) is 0 Å². The number of rotatable bonds is 2.